The van der Waals surface area contributed by atoms with E-state index in [2.05, 4.69) is 99.6 Å². The standard InChI is InChI=1S/C50H94O3/c1-41(2)20-14-22-43(5)24-16-26-45(7)28-18-30-47(9)34-36-51-39-50(40-52-38-49-32-12-11-13-33-49)53-37-35-48(10)31-19-29-46(8)27-17-25-44(6)23-15-21-42(3)4/h11-13,32-33,41-48,50H,14-31,34-40H2,1-10H3/t43-,44-,45-,46-,47-,48-,50+/m1/s1. The van der Waals surface area contributed by atoms with Crippen LogP contribution in [0.2, 0.25) is 0 Å². The molecule has 1 aromatic rings. The van der Waals surface area contributed by atoms with Crippen molar-refractivity contribution < 1.29 is 14.2 Å². The van der Waals surface area contributed by atoms with Crippen LogP contribution in [0.3, 0.4) is 0 Å². The summed E-state index contributed by atoms with van der Waals surface area (Å²) >= 11 is 0. The molecule has 0 spiro atoms. The molecule has 0 N–H and O–H groups in total. The molecule has 0 aromatic heterocycles. The zero-order chi connectivity index (χ0) is 39.1. The molecule has 0 aliphatic rings. The zero-order valence-electron chi connectivity index (χ0n) is 37.5. The van der Waals surface area contributed by atoms with Gasteiger partial charge in [0.25, 0.3) is 0 Å². The third-order valence-corrected chi connectivity index (χ3v) is 12.0. The fraction of sp³-hybridized carbons (Fsp3) is 0.880. The highest BCUT2D eigenvalue weighted by Gasteiger charge is 2.14. The summed E-state index contributed by atoms with van der Waals surface area (Å²) in [6, 6.07) is 10.5. The van der Waals surface area contributed by atoms with Crippen LogP contribution in [0.15, 0.2) is 30.3 Å². The Hall–Kier alpha value is -0.900. The fourth-order valence-electron chi connectivity index (χ4n) is 7.84. The highest BCUT2D eigenvalue weighted by molar-refractivity contribution is 5.13. The number of ether oxygens (including phenoxy) is 3. The van der Waals surface area contributed by atoms with E-state index in [1.807, 2.05) is 0 Å². The van der Waals surface area contributed by atoms with Gasteiger partial charge >= 0.3 is 0 Å². The second-order valence-electron chi connectivity index (χ2n) is 19.1. The Morgan fingerprint density at radius 2 is 0.717 bits per heavy atom. The van der Waals surface area contributed by atoms with Gasteiger partial charge in [-0.3, -0.25) is 0 Å². The van der Waals surface area contributed by atoms with Gasteiger partial charge in [-0.25, -0.2) is 0 Å². The Bertz CT molecular complexity index is 899. The first kappa shape index (κ1) is 50.1. The SMILES string of the molecule is CC(C)CCC[C@@H](C)CCC[C@@H](C)CCC[C@@H](C)CCOC[C@@H](COCc1ccccc1)OCC[C@H](C)CCC[C@H](C)CCC[C@H](C)CCCC(C)C. The molecule has 0 unspecified atom stereocenters. The van der Waals surface area contributed by atoms with E-state index in [0.717, 1.165) is 61.6 Å². The highest BCUT2D eigenvalue weighted by Crippen LogP contribution is 2.24. The average molecular weight is 743 g/mol. The van der Waals surface area contributed by atoms with Gasteiger partial charge in [-0.1, -0.05) is 215 Å². The summed E-state index contributed by atoms with van der Waals surface area (Å²) in [5.41, 5.74) is 1.21. The van der Waals surface area contributed by atoms with Gasteiger partial charge in [0.1, 0.15) is 6.10 Å². The number of benzene rings is 1. The van der Waals surface area contributed by atoms with E-state index in [0.29, 0.717) is 31.7 Å². The molecule has 0 saturated heterocycles. The molecular formula is C50H94O3. The summed E-state index contributed by atoms with van der Waals surface area (Å²) in [4.78, 5) is 0. The first-order valence-electron chi connectivity index (χ1n) is 23.2. The molecule has 1 aromatic carbocycles. The van der Waals surface area contributed by atoms with Crippen LogP contribution in [0.25, 0.3) is 0 Å². The first-order chi connectivity index (χ1) is 25.4. The number of rotatable bonds is 37. The van der Waals surface area contributed by atoms with Crippen LogP contribution < -0.4 is 0 Å². The Morgan fingerprint density at radius 3 is 1.11 bits per heavy atom. The lowest BCUT2D eigenvalue weighted by molar-refractivity contribution is -0.0670. The zero-order valence-corrected chi connectivity index (χ0v) is 37.5. The van der Waals surface area contributed by atoms with Crippen molar-refractivity contribution >= 4 is 0 Å². The van der Waals surface area contributed by atoms with Crippen LogP contribution in [-0.2, 0) is 20.8 Å². The molecule has 0 bridgehead atoms. The van der Waals surface area contributed by atoms with Crippen molar-refractivity contribution in [2.45, 2.75) is 210 Å². The monoisotopic (exact) mass is 743 g/mol. The number of hydrogen-bond acceptors (Lipinski definition) is 3. The first-order valence-corrected chi connectivity index (χ1v) is 23.2. The van der Waals surface area contributed by atoms with Crippen LogP contribution in [0.4, 0.5) is 0 Å². The van der Waals surface area contributed by atoms with Crippen molar-refractivity contribution in [1.29, 1.82) is 0 Å². The second kappa shape index (κ2) is 33.3. The predicted octanol–water partition coefficient (Wildman–Crippen LogP) is 15.5. The van der Waals surface area contributed by atoms with E-state index in [1.165, 1.54) is 121 Å². The maximum atomic E-state index is 6.42. The molecule has 0 radical (unpaired) electrons. The maximum Gasteiger partial charge on any atom is 0.104 e. The topological polar surface area (TPSA) is 27.7 Å². The lowest BCUT2D eigenvalue weighted by Gasteiger charge is -2.21. The lowest BCUT2D eigenvalue weighted by Crippen LogP contribution is -2.27. The minimum Gasteiger partial charge on any atom is -0.379 e. The molecule has 3 heteroatoms. The van der Waals surface area contributed by atoms with Gasteiger partial charge in [0, 0.05) is 13.2 Å². The van der Waals surface area contributed by atoms with E-state index in [1.54, 1.807) is 0 Å². The van der Waals surface area contributed by atoms with E-state index in [9.17, 15) is 0 Å². The maximum absolute atomic E-state index is 6.42. The smallest absolute Gasteiger partial charge is 0.104 e. The van der Waals surface area contributed by atoms with Crippen LogP contribution in [0, 0.1) is 47.3 Å². The van der Waals surface area contributed by atoms with Crippen LogP contribution >= 0.6 is 0 Å². The van der Waals surface area contributed by atoms with Gasteiger partial charge in [0.2, 0.25) is 0 Å². The molecule has 0 saturated carbocycles. The van der Waals surface area contributed by atoms with Crippen molar-refractivity contribution in [2.24, 2.45) is 47.3 Å². The molecule has 0 amide bonds. The minimum absolute atomic E-state index is 0.00669. The van der Waals surface area contributed by atoms with E-state index < -0.39 is 0 Å². The normalized spacial score (nSPS) is 16.2. The molecule has 0 fully saturated rings. The summed E-state index contributed by atoms with van der Waals surface area (Å²) in [6.45, 7) is 27.5. The van der Waals surface area contributed by atoms with Gasteiger partial charge < -0.3 is 14.2 Å². The van der Waals surface area contributed by atoms with Gasteiger partial charge in [-0.2, -0.15) is 0 Å². The van der Waals surface area contributed by atoms with E-state index in [4.69, 9.17) is 14.2 Å². The molecule has 1 rings (SSSR count). The van der Waals surface area contributed by atoms with Gasteiger partial charge in [-0.05, 0) is 65.7 Å². The van der Waals surface area contributed by atoms with Crippen molar-refractivity contribution in [2.75, 3.05) is 26.4 Å². The summed E-state index contributed by atoms with van der Waals surface area (Å²) in [6.07, 6.45) is 27.1. The minimum atomic E-state index is -0.00669. The Morgan fingerprint density at radius 1 is 0.377 bits per heavy atom. The van der Waals surface area contributed by atoms with Crippen molar-refractivity contribution in [3.63, 3.8) is 0 Å². The number of hydrogen-bond donors (Lipinski definition) is 0. The molecule has 53 heavy (non-hydrogen) atoms. The highest BCUT2D eigenvalue weighted by atomic mass is 16.6. The third-order valence-electron chi connectivity index (χ3n) is 12.0. The molecule has 3 nitrogen and oxygen atoms in total. The molecular weight excluding hydrogens is 649 g/mol. The van der Waals surface area contributed by atoms with Crippen molar-refractivity contribution in [3.05, 3.63) is 35.9 Å². The Labute approximate surface area is 333 Å². The summed E-state index contributed by atoms with van der Waals surface area (Å²) in [7, 11) is 0. The van der Waals surface area contributed by atoms with Gasteiger partial charge in [-0.15, -0.1) is 0 Å². The Kier molecular flexibility index (Phi) is 31.5. The second-order valence-corrected chi connectivity index (χ2v) is 19.1. The van der Waals surface area contributed by atoms with Crippen LogP contribution in [-0.4, -0.2) is 32.5 Å². The molecule has 0 heterocycles. The van der Waals surface area contributed by atoms with Gasteiger partial charge in [0.05, 0.1) is 19.8 Å². The molecule has 0 aliphatic heterocycles. The quantitative estimate of drug-likeness (QED) is 0.0635. The largest absolute Gasteiger partial charge is 0.379 e. The lowest BCUT2D eigenvalue weighted by atomic mass is 9.91. The van der Waals surface area contributed by atoms with Gasteiger partial charge in [0.15, 0.2) is 0 Å². The average Bonchev–Trinajstić information content (AvgIpc) is 3.10. The third kappa shape index (κ3) is 31.9. The van der Waals surface area contributed by atoms with Crippen molar-refractivity contribution in [3.8, 4) is 0 Å². The van der Waals surface area contributed by atoms with Crippen LogP contribution in [0.1, 0.15) is 203 Å². The fourth-order valence-corrected chi connectivity index (χ4v) is 7.84. The summed E-state index contributed by atoms with van der Waals surface area (Å²) < 4.78 is 18.8. The molecule has 312 valence electrons. The molecule has 7 atom stereocenters. The van der Waals surface area contributed by atoms with E-state index >= 15 is 0 Å². The Balaban J connectivity index is 2.26. The van der Waals surface area contributed by atoms with Crippen LogP contribution in [0.5, 0.6) is 0 Å². The summed E-state index contributed by atoms with van der Waals surface area (Å²) in [5.74, 6) is 6.60. The van der Waals surface area contributed by atoms with Crippen molar-refractivity contribution in [1.82, 2.24) is 0 Å². The predicted molar refractivity (Wildman–Crippen MR) is 234 cm³/mol. The molecule has 0 aliphatic carbocycles. The van der Waals surface area contributed by atoms with E-state index in [-0.39, 0.29) is 6.10 Å². The summed E-state index contributed by atoms with van der Waals surface area (Å²) in [5, 5.41) is 0.